The number of unbranched alkanes of at least 4 members (excludes halogenated alkanes) is 1. The fourth-order valence-corrected chi connectivity index (χ4v) is 9.18. The predicted octanol–water partition coefficient (Wildman–Crippen LogP) is 6.92. The van der Waals surface area contributed by atoms with Gasteiger partial charge in [0.25, 0.3) is 5.91 Å². The zero-order chi connectivity index (χ0) is 31.9. The van der Waals surface area contributed by atoms with E-state index >= 15 is 0 Å². The summed E-state index contributed by atoms with van der Waals surface area (Å²) in [6.45, 7) is 7.15. The summed E-state index contributed by atoms with van der Waals surface area (Å²) in [4.78, 5) is 16.0. The lowest BCUT2D eigenvalue weighted by Gasteiger charge is -2.44. The molecule has 45 heavy (non-hydrogen) atoms. The molecule has 2 heterocycles. The molecule has 7 atom stereocenters. The third kappa shape index (κ3) is 8.24. The van der Waals surface area contributed by atoms with Crippen LogP contribution in [0.25, 0.3) is 0 Å². The van der Waals surface area contributed by atoms with Gasteiger partial charge in [-0.15, -0.1) is 0 Å². The molecule has 2 aromatic carbocycles. The van der Waals surface area contributed by atoms with Crippen LogP contribution in [0.5, 0.6) is 5.75 Å². The summed E-state index contributed by atoms with van der Waals surface area (Å²) < 4.78 is 28.2. The molecule has 1 fully saturated rings. The zero-order valence-electron chi connectivity index (χ0n) is 27.1. The Kier molecular flexibility index (Phi) is 12.3. The monoisotopic (exact) mass is 658 g/mol. The molecule has 248 valence electrons. The van der Waals surface area contributed by atoms with Crippen molar-refractivity contribution >= 4 is 34.2 Å². The maximum absolute atomic E-state index is 13.6. The van der Waals surface area contributed by atoms with Crippen LogP contribution in [0.1, 0.15) is 92.6 Å². The van der Waals surface area contributed by atoms with E-state index in [2.05, 4.69) is 35.6 Å². The highest BCUT2D eigenvalue weighted by molar-refractivity contribution is 7.84. The van der Waals surface area contributed by atoms with Gasteiger partial charge in [0, 0.05) is 49.9 Å². The molecule has 0 spiro atoms. The van der Waals surface area contributed by atoms with Crippen molar-refractivity contribution in [2.45, 2.75) is 82.8 Å². The van der Waals surface area contributed by atoms with Crippen molar-refractivity contribution in [3.05, 3.63) is 58.1 Å². The normalized spacial score (nSPS) is 29.1. The summed E-state index contributed by atoms with van der Waals surface area (Å²) in [6.07, 6.45) is 8.88. The predicted molar refractivity (Wildman–Crippen MR) is 183 cm³/mol. The van der Waals surface area contributed by atoms with Crippen LogP contribution >= 0.6 is 11.6 Å². The van der Waals surface area contributed by atoms with Crippen molar-refractivity contribution in [2.24, 2.45) is 23.7 Å². The number of halogens is 1. The van der Waals surface area contributed by atoms with Gasteiger partial charge < -0.3 is 19.5 Å². The molecular formula is C36H51ClN2O5S. The Morgan fingerprint density at radius 2 is 1.98 bits per heavy atom. The zero-order valence-corrected chi connectivity index (χ0v) is 28.7. The first-order chi connectivity index (χ1) is 21.8. The highest BCUT2D eigenvalue weighted by Crippen LogP contribution is 2.45. The second-order valence-corrected chi connectivity index (χ2v) is 15.3. The number of aryl methyl sites for hydroxylation is 1. The van der Waals surface area contributed by atoms with E-state index < -0.39 is 11.0 Å². The molecule has 1 aliphatic carbocycles. The van der Waals surface area contributed by atoms with Crippen molar-refractivity contribution < 1.29 is 23.6 Å². The number of rotatable bonds is 8. The van der Waals surface area contributed by atoms with E-state index in [1.54, 1.807) is 13.2 Å². The smallest absolute Gasteiger partial charge is 0.263 e. The van der Waals surface area contributed by atoms with Crippen LogP contribution in [0, 0.1) is 23.7 Å². The number of aliphatic hydroxyl groups is 1. The topological polar surface area (TPSA) is 88.1 Å². The largest absolute Gasteiger partial charge is 0.491 e. The summed E-state index contributed by atoms with van der Waals surface area (Å²) in [5.74, 6) is 1.89. The highest BCUT2D eigenvalue weighted by Gasteiger charge is 2.39. The van der Waals surface area contributed by atoms with E-state index in [1.165, 1.54) is 11.1 Å². The molecule has 2 aliphatic heterocycles. The summed E-state index contributed by atoms with van der Waals surface area (Å²) in [5.41, 5.74) is 3.94. The Morgan fingerprint density at radius 1 is 1.13 bits per heavy atom. The number of benzene rings is 2. The first-order valence-corrected chi connectivity index (χ1v) is 18.5. The van der Waals surface area contributed by atoms with Gasteiger partial charge >= 0.3 is 0 Å². The van der Waals surface area contributed by atoms with E-state index in [4.69, 9.17) is 21.1 Å². The molecule has 0 aromatic heterocycles. The summed E-state index contributed by atoms with van der Waals surface area (Å²) in [7, 11) is 0.0864. The van der Waals surface area contributed by atoms with E-state index in [-0.39, 0.29) is 35.5 Å². The fourth-order valence-electron chi connectivity index (χ4n) is 7.67. The number of carbonyl (C=O) groups is 1. The maximum Gasteiger partial charge on any atom is 0.263 e. The number of anilines is 1. The molecule has 0 saturated heterocycles. The van der Waals surface area contributed by atoms with E-state index in [1.807, 2.05) is 18.2 Å². The van der Waals surface area contributed by atoms with Gasteiger partial charge in [0.05, 0.1) is 17.5 Å². The number of ether oxygens (including phenoxy) is 2. The minimum atomic E-state index is -1.56. The number of nitrogens with zero attached hydrogens (tertiary/aromatic N) is 1. The van der Waals surface area contributed by atoms with Crippen molar-refractivity contribution in [1.29, 1.82) is 0 Å². The number of nitrogens with one attached hydrogen (secondary N) is 1. The molecule has 0 radical (unpaired) electrons. The molecule has 5 rings (SSSR count). The van der Waals surface area contributed by atoms with Crippen molar-refractivity contribution in [3.8, 4) is 5.75 Å². The van der Waals surface area contributed by atoms with Crippen molar-refractivity contribution in [1.82, 2.24) is 4.72 Å². The summed E-state index contributed by atoms with van der Waals surface area (Å²) >= 11 is 6.46. The van der Waals surface area contributed by atoms with E-state index in [0.717, 1.165) is 80.9 Å². The maximum atomic E-state index is 13.6. The first kappa shape index (κ1) is 34.2. The van der Waals surface area contributed by atoms with Gasteiger partial charge in [0.2, 0.25) is 0 Å². The molecule has 1 saturated carbocycles. The van der Waals surface area contributed by atoms with Crippen LogP contribution in [0.3, 0.4) is 0 Å². The number of hydrogen-bond donors (Lipinski definition) is 2. The van der Waals surface area contributed by atoms with E-state index in [0.29, 0.717) is 37.0 Å². The molecule has 2 bridgehead atoms. The van der Waals surface area contributed by atoms with Crippen molar-refractivity contribution in [2.75, 3.05) is 44.9 Å². The number of fused-ring (bicyclic) bond motifs is 2. The SMILES string of the molecule is CCCCc1cc(Cl)ccc1C1COc2ccc3cc2N(C1)CC1CCC1C(CO)CCCC(C)C(CCOC)S(=O)NC3=O. The summed E-state index contributed by atoms with van der Waals surface area (Å²) in [6, 6.07) is 11.8. The standard InChI is InChI=1S/C36H51ClN2O5S/c1-4-5-8-25-18-30(37)12-14-31(25)29-21-39-20-27-10-13-32(27)28(22-40)9-6-7-24(2)35(16-17-43-3)45(42)38-36(41)26-11-15-34(44-23-29)33(39)19-26/h11-12,14-15,18-19,24,27-29,32,35,40H,4-10,13,16-17,20-23H2,1-3H3,(H,38,41). The quantitative estimate of drug-likeness (QED) is 0.320. The second-order valence-electron chi connectivity index (χ2n) is 13.4. The first-order valence-electron chi connectivity index (χ1n) is 16.9. The summed E-state index contributed by atoms with van der Waals surface area (Å²) in [5, 5.41) is 11.0. The minimum absolute atomic E-state index is 0.132. The molecular weight excluding hydrogens is 608 g/mol. The van der Waals surface area contributed by atoms with Gasteiger partial charge in [-0.1, -0.05) is 44.4 Å². The second kappa shape index (κ2) is 16.1. The van der Waals surface area contributed by atoms with Crippen LogP contribution < -0.4 is 14.4 Å². The Bertz CT molecular complexity index is 1320. The van der Waals surface area contributed by atoms with Gasteiger partial charge in [0.15, 0.2) is 0 Å². The van der Waals surface area contributed by atoms with Crippen LogP contribution in [0.15, 0.2) is 36.4 Å². The Balaban J connectivity index is 1.50. The Labute approximate surface area is 277 Å². The highest BCUT2D eigenvalue weighted by atomic mass is 35.5. The molecule has 1 amide bonds. The number of aliphatic hydroxyl groups excluding tert-OH is 1. The van der Waals surface area contributed by atoms with Crippen LogP contribution in [0.4, 0.5) is 5.69 Å². The molecule has 7 unspecified atom stereocenters. The lowest BCUT2D eigenvalue weighted by Crippen LogP contribution is -2.43. The number of methoxy groups -OCH3 is 1. The number of carbonyl (C=O) groups excluding carboxylic acids is 1. The average Bonchev–Trinajstić information content (AvgIpc) is 3.20. The Morgan fingerprint density at radius 3 is 2.71 bits per heavy atom. The third-order valence-electron chi connectivity index (χ3n) is 10.5. The van der Waals surface area contributed by atoms with E-state index in [9.17, 15) is 14.1 Å². The molecule has 2 N–H and O–H groups in total. The third-order valence-corrected chi connectivity index (χ3v) is 12.4. The van der Waals surface area contributed by atoms with Gasteiger partial charge in [-0.2, -0.15) is 0 Å². The fraction of sp³-hybridized carbons (Fsp3) is 0.639. The molecule has 3 aliphatic rings. The number of amides is 1. The van der Waals surface area contributed by atoms with Crippen LogP contribution in [-0.4, -0.2) is 60.5 Å². The van der Waals surface area contributed by atoms with Gasteiger partial charge in [0.1, 0.15) is 16.7 Å². The lowest BCUT2D eigenvalue weighted by atomic mass is 9.65. The van der Waals surface area contributed by atoms with Gasteiger partial charge in [-0.05, 0) is 110 Å². The van der Waals surface area contributed by atoms with Crippen LogP contribution in [-0.2, 0) is 22.1 Å². The minimum Gasteiger partial charge on any atom is -0.491 e. The molecule has 9 heteroatoms. The molecule has 7 nitrogen and oxygen atoms in total. The Hall–Kier alpha value is -2.13. The molecule has 2 aromatic rings. The van der Waals surface area contributed by atoms with Gasteiger partial charge in [-0.25, -0.2) is 4.21 Å². The van der Waals surface area contributed by atoms with Crippen LogP contribution in [0.2, 0.25) is 5.02 Å². The number of hydrogen-bond acceptors (Lipinski definition) is 6. The van der Waals surface area contributed by atoms with Crippen molar-refractivity contribution in [3.63, 3.8) is 0 Å². The van der Waals surface area contributed by atoms with Gasteiger partial charge in [-0.3, -0.25) is 9.52 Å². The lowest BCUT2D eigenvalue weighted by molar-refractivity contribution is 0.0574. The average molecular weight is 659 g/mol.